The van der Waals surface area contributed by atoms with Gasteiger partial charge in [0.1, 0.15) is 11.5 Å². The van der Waals surface area contributed by atoms with Gasteiger partial charge in [0.15, 0.2) is 0 Å². The maximum atomic E-state index is 12.1. The van der Waals surface area contributed by atoms with E-state index in [4.69, 9.17) is 15.2 Å². The van der Waals surface area contributed by atoms with Crippen molar-refractivity contribution in [3.05, 3.63) is 48.2 Å². The quantitative estimate of drug-likeness (QED) is 0.691. The van der Waals surface area contributed by atoms with Gasteiger partial charge in [0, 0.05) is 18.8 Å². The first-order valence-electron chi connectivity index (χ1n) is 8.68. The zero-order valence-corrected chi connectivity index (χ0v) is 18.2. The van der Waals surface area contributed by atoms with Crippen LogP contribution in [0.1, 0.15) is 33.3 Å². The average molecular weight is 430 g/mol. The molecule has 0 radical (unpaired) electrons. The van der Waals surface area contributed by atoms with Crippen molar-refractivity contribution >= 4 is 30.7 Å². The third-order valence-electron chi connectivity index (χ3n) is 3.84. The number of nitrogens with two attached hydrogens (primary N) is 1. The van der Waals surface area contributed by atoms with Crippen LogP contribution in [0.3, 0.4) is 0 Å². The lowest BCUT2D eigenvalue weighted by Crippen LogP contribution is -2.48. The Balaban J connectivity index is 0.00000364. The van der Waals surface area contributed by atoms with Crippen molar-refractivity contribution in [3.8, 4) is 17.4 Å². The Hall–Kier alpha value is -2.02. The number of pyridine rings is 1. The molecular formula is C20H29Cl2N3O3. The smallest absolute Gasteiger partial charge is 0.237 e. The summed E-state index contributed by atoms with van der Waals surface area (Å²) in [6, 6.07) is 10.4. The van der Waals surface area contributed by atoms with Gasteiger partial charge in [-0.25, -0.2) is 4.98 Å². The number of carbonyl (C=O) groups is 1. The average Bonchev–Trinajstić information content (AvgIpc) is 2.60. The van der Waals surface area contributed by atoms with Gasteiger partial charge in [-0.2, -0.15) is 0 Å². The number of hydrogen-bond donors (Lipinski definition) is 2. The van der Waals surface area contributed by atoms with Crippen LogP contribution < -0.4 is 20.5 Å². The summed E-state index contributed by atoms with van der Waals surface area (Å²) in [5, 5.41) is 2.85. The Bertz CT molecular complexity index is 734. The number of ether oxygens (including phenoxy) is 2. The van der Waals surface area contributed by atoms with E-state index in [1.165, 1.54) is 0 Å². The van der Waals surface area contributed by atoms with Gasteiger partial charge in [-0.15, -0.1) is 24.8 Å². The van der Waals surface area contributed by atoms with Gasteiger partial charge in [-0.05, 0) is 48.2 Å². The van der Waals surface area contributed by atoms with Crippen molar-refractivity contribution in [3.63, 3.8) is 0 Å². The second-order valence-electron chi connectivity index (χ2n) is 7.07. The van der Waals surface area contributed by atoms with Gasteiger partial charge in [0.2, 0.25) is 11.8 Å². The minimum Gasteiger partial charge on any atom is -0.494 e. The van der Waals surface area contributed by atoms with E-state index in [0.29, 0.717) is 24.8 Å². The number of amides is 1. The number of benzene rings is 1. The summed E-state index contributed by atoms with van der Waals surface area (Å²) >= 11 is 0. The Morgan fingerprint density at radius 2 is 1.75 bits per heavy atom. The summed E-state index contributed by atoms with van der Waals surface area (Å²) in [6.45, 7) is 8.73. The molecule has 1 aromatic heterocycles. The molecule has 1 amide bonds. The summed E-state index contributed by atoms with van der Waals surface area (Å²) in [6.07, 6.45) is 1.65. The van der Waals surface area contributed by atoms with Gasteiger partial charge < -0.3 is 20.5 Å². The molecule has 0 saturated heterocycles. The fourth-order valence-corrected chi connectivity index (χ4v) is 2.20. The molecule has 0 saturated carbocycles. The minimum atomic E-state index is -0.566. The molecule has 0 spiro atoms. The summed E-state index contributed by atoms with van der Waals surface area (Å²) in [5.41, 5.74) is 6.56. The van der Waals surface area contributed by atoms with E-state index in [1.54, 1.807) is 12.3 Å². The van der Waals surface area contributed by atoms with Gasteiger partial charge in [0.05, 0.1) is 12.6 Å². The van der Waals surface area contributed by atoms with Crippen molar-refractivity contribution < 1.29 is 14.3 Å². The molecule has 1 atom stereocenters. The highest BCUT2D eigenvalue weighted by atomic mass is 35.5. The zero-order chi connectivity index (χ0) is 19.2. The molecule has 1 heterocycles. The first kappa shape index (κ1) is 26.0. The standard InChI is InChI=1S/C20H27N3O3.2ClH/c1-5-25-15-6-8-16(9-7-15)26-17-12-14(10-11-22-17)13-23-19(24)18(21)20(2,3)4;;/h6-12,18H,5,13,21H2,1-4H3,(H,23,24);2*1H/t18-;;/m1../s1. The van der Waals surface area contributed by atoms with Crippen LogP contribution >= 0.6 is 24.8 Å². The summed E-state index contributed by atoms with van der Waals surface area (Å²) < 4.78 is 11.2. The summed E-state index contributed by atoms with van der Waals surface area (Å²) in [4.78, 5) is 16.3. The Labute approximate surface area is 179 Å². The van der Waals surface area contributed by atoms with Crippen LogP contribution in [0.4, 0.5) is 0 Å². The number of aromatic nitrogens is 1. The molecule has 0 fully saturated rings. The van der Waals surface area contributed by atoms with Crippen LogP contribution in [0.15, 0.2) is 42.6 Å². The van der Waals surface area contributed by atoms with Crippen LogP contribution in [0.5, 0.6) is 17.4 Å². The van der Waals surface area contributed by atoms with Crippen LogP contribution in [0.25, 0.3) is 0 Å². The van der Waals surface area contributed by atoms with Gasteiger partial charge in [0.25, 0.3) is 0 Å². The van der Waals surface area contributed by atoms with Crippen LogP contribution in [0.2, 0.25) is 0 Å². The summed E-state index contributed by atoms with van der Waals surface area (Å²) in [7, 11) is 0. The Morgan fingerprint density at radius 3 is 2.32 bits per heavy atom. The molecule has 2 aromatic rings. The number of halogens is 2. The number of rotatable bonds is 7. The van der Waals surface area contributed by atoms with Gasteiger partial charge in [-0.1, -0.05) is 20.8 Å². The van der Waals surface area contributed by atoms with E-state index >= 15 is 0 Å². The van der Waals surface area contributed by atoms with Crippen molar-refractivity contribution in [2.24, 2.45) is 11.1 Å². The highest BCUT2D eigenvalue weighted by Crippen LogP contribution is 2.23. The fourth-order valence-electron chi connectivity index (χ4n) is 2.20. The predicted octanol–water partition coefficient (Wildman–Crippen LogP) is 4.11. The molecule has 0 bridgehead atoms. The second kappa shape index (κ2) is 11.7. The number of hydrogen-bond acceptors (Lipinski definition) is 5. The topological polar surface area (TPSA) is 86.5 Å². The third kappa shape index (κ3) is 7.92. The van der Waals surface area contributed by atoms with E-state index < -0.39 is 6.04 Å². The Morgan fingerprint density at radius 1 is 1.14 bits per heavy atom. The lowest BCUT2D eigenvalue weighted by molar-refractivity contribution is -0.124. The lowest BCUT2D eigenvalue weighted by Gasteiger charge is -2.25. The molecular weight excluding hydrogens is 401 g/mol. The van der Waals surface area contributed by atoms with E-state index in [9.17, 15) is 4.79 Å². The maximum absolute atomic E-state index is 12.1. The first-order valence-corrected chi connectivity index (χ1v) is 8.68. The first-order chi connectivity index (χ1) is 12.3. The van der Waals surface area contributed by atoms with E-state index in [-0.39, 0.29) is 36.1 Å². The van der Waals surface area contributed by atoms with E-state index in [1.807, 2.05) is 58.0 Å². The number of nitrogens with one attached hydrogen (secondary N) is 1. The number of carbonyl (C=O) groups excluding carboxylic acids is 1. The van der Waals surface area contributed by atoms with Crippen molar-refractivity contribution in [1.29, 1.82) is 0 Å². The maximum Gasteiger partial charge on any atom is 0.237 e. The van der Waals surface area contributed by atoms with Crippen molar-refractivity contribution in [2.75, 3.05) is 6.61 Å². The Kier molecular flexibility index (Phi) is 10.9. The molecule has 156 valence electrons. The molecule has 6 nitrogen and oxygen atoms in total. The normalized spacial score (nSPS) is 11.5. The zero-order valence-electron chi connectivity index (χ0n) is 16.6. The molecule has 8 heteroatoms. The highest BCUT2D eigenvalue weighted by Gasteiger charge is 2.27. The van der Waals surface area contributed by atoms with Gasteiger partial charge >= 0.3 is 0 Å². The molecule has 0 aliphatic rings. The molecule has 28 heavy (non-hydrogen) atoms. The predicted molar refractivity (Wildman–Crippen MR) is 116 cm³/mol. The highest BCUT2D eigenvalue weighted by molar-refractivity contribution is 5.85. The molecule has 1 aromatic carbocycles. The minimum absolute atomic E-state index is 0. The lowest BCUT2D eigenvalue weighted by atomic mass is 9.87. The summed E-state index contributed by atoms with van der Waals surface area (Å²) in [5.74, 6) is 1.74. The largest absolute Gasteiger partial charge is 0.494 e. The molecule has 2 rings (SSSR count). The molecule has 0 aliphatic heterocycles. The SMILES string of the molecule is CCOc1ccc(Oc2cc(CNC(=O)[C@@H](N)C(C)(C)C)ccn2)cc1.Cl.Cl. The van der Waals surface area contributed by atoms with Crippen LogP contribution in [-0.2, 0) is 11.3 Å². The van der Waals surface area contributed by atoms with Crippen molar-refractivity contribution in [1.82, 2.24) is 10.3 Å². The molecule has 0 unspecified atom stereocenters. The monoisotopic (exact) mass is 429 g/mol. The van der Waals surface area contributed by atoms with Crippen molar-refractivity contribution in [2.45, 2.75) is 40.3 Å². The van der Waals surface area contributed by atoms with E-state index in [2.05, 4.69) is 10.3 Å². The van der Waals surface area contributed by atoms with Crippen LogP contribution in [0, 0.1) is 5.41 Å². The van der Waals surface area contributed by atoms with Gasteiger partial charge in [-0.3, -0.25) is 4.79 Å². The van der Waals surface area contributed by atoms with E-state index in [0.717, 1.165) is 11.3 Å². The molecule has 0 aliphatic carbocycles. The fraction of sp³-hybridized carbons (Fsp3) is 0.400. The third-order valence-corrected chi connectivity index (χ3v) is 3.84. The second-order valence-corrected chi connectivity index (χ2v) is 7.07. The van der Waals surface area contributed by atoms with Crippen LogP contribution in [-0.4, -0.2) is 23.5 Å². The number of nitrogens with zero attached hydrogens (tertiary/aromatic N) is 1. The molecule has 3 N–H and O–H groups in total.